The summed E-state index contributed by atoms with van der Waals surface area (Å²) in [5, 5.41) is 12.5. The molecule has 1 atom stereocenters. The maximum Gasteiger partial charge on any atom is 0.255 e. The van der Waals surface area contributed by atoms with Crippen molar-refractivity contribution in [1.82, 2.24) is 5.32 Å². The smallest absolute Gasteiger partial charge is 0.255 e. The number of para-hydroxylation sites is 1. The predicted molar refractivity (Wildman–Crippen MR) is 65.3 cm³/mol. The Kier molecular flexibility index (Phi) is 4.78. The third-order valence-electron chi connectivity index (χ3n) is 2.58. The molecular formula is C12H18N2O3. The average Bonchev–Trinajstić information content (AvgIpc) is 2.35. The molecule has 1 amide bonds. The number of benzene rings is 1. The lowest BCUT2D eigenvalue weighted by atomic mass is 10.1. The molecule has 17 heavy (non-hydrogen) atoms. The van der Waals surface area contributed by atoms with E-state index < -0.39 is 0 Å². The Balaban J connectivity index is 2.89. The maximum atomic E-state index is 11.9. The molecule has 0 aliphatic rings. The van der Waals surface area contributed by atoms with Gasteiger partial charge in [-0.05, 0) is 18.6 Å². The lowest BCUT2D eigenvalue weighted by Gasteiger charge is -2.15. The number of hydrogen-bond donors (Lipinski definition) is 3. The fourth-order valence-corrected chi connectivity index (χ4v) is 1.46. The van der Waals surface area contributed by atoms with Crippen LogP contribution in [0, 0.1) is 0 Å². The van der Waals surface area contributed by atoms with Crippen LogP contribution in [0.4, 0.5) is 0 Å². The van der Waals surface area contributed by atoms with Gasteiger partial charge in [0.15, 0.2) is 11.5 Å². The number of nitrogens with two attached hydrogens (primary N) is 1. The normalized spacial score (nSPS) is 11.9. The van der Waals surface area contributed by atoms with Crippen molar-refractivity contribution in [3.8, 4) is 11.5 Å². The van der Waals surface area contributed by atoms with E-state index in [4.69, 9.17) is 10.5 Å². The molecule has 0 heterocycles. The molecule has 5 nitrogen and oxygen atoms in total. The molecule has 0 radical (unpaired) electrons. The molecule has 1 rings (SSSR count). The SMILES string of the molecule is CCC(CN)NC(=O)c1cccc(OC)c1O. The van der Waals surface area contributed by atoms with Crippen LogP contribution in [0.5, 0.6) is 11.5 Å². The van der Waals surface area contributed by atoms with Crippen molar-refractivity contribution in [2.75, 3.05) is 13.7 Å². The van der Waals surface area contributed by atoms with Gasteiger partial charge in [0.1, 0.15) is 0 Å². The number of methoxy groups -OCH3 is 1. The van der Waals surface area contributed by atoms with E-state index >= 15 is 0 Å². The molecule has 1 unspecified atom stereocenters. The van der Waals surface area contributed by atoms with E-state index in [0.29, 0.717) is 6.54 Å². The number of aromatic hydroxyl groups is 1. The lowest BCUT2D eigenvalue weighted by molar-refractivity contribution is 0.0934. The van der Waals surface area contributed by atoms with Crippen molar-refractivity contribution >= 4 is 5.91 Å². The monoisotopic (exact) mass is 238 g/mol. The molecule has 0 aromatic heterocycles. The number of phenols is 1. The number of phenolic OH excluding ortho intramolecular Hbond substituents is 1. The van der Waals surface area contributed by atoms with E-state index in [2.05, 4.69) is 5.32 Å². The van der Waals surface area contributed by atoms with Gasteiger partial charge < -0.3 is 20.9 Å². The molecule has 0 aliphatic heterocycles. The van der Waals surface area contributed by atoms with Gasteiger partial charge in [-0.1, -0.05) is 13.0 Å². The first-order chi connectivity index (χ1) is 8.13. The molecular weight excluding hydrogens is 220 g/mol. The highest BCUT2D eigenvalue weighted by Gasteiger charge is 2.16. The second-order valence-electron chi connectivity index (χ2n) is 3.67. The quantitative estimate of drug-likeness (QED) is 0.710. The van der Waals surface area contributed by atoms with Gasteiger partial charge in [-0.3, -0.25) is 4.79 Å². The summed E-state index contributed by atoms with van der Waals surface area (Å²) in [6, 6.07) is 4.69. The van der Waals surface area contributed by atoms with Gasteiger partial charge >= 0.3 is 0 Å². The Morgan fingerprint density at radius 2 is 2.29 bits per heavy atom. The van der Waals surface area contributed by atoms with Gasteiger partial charge in [0, 0.05) is 12.6 Å². The molecule has 1 aromatic carbocycles. The first-order valence-corrected chi connectivity index (χ1v) is 5.50. The fourth-order valence-electron chi connectivity index (χ4n) is 1.46. The Morgan fingerprint density at radius 3 is 2.82 bits per heavy atom. The highest BCUT2D eigenvalue weighted by Crippen LogP contribution is 2.29. The van der Waals surface area contributed by atoms with E-state index in [0.717, 1.165) is 6.42 Å². The van der Waals surface area contributed by atoms with Crippen molar-refractivity contribution in [2.45, 2.75) is 19.4 Å². The van der Waals surface area contributed by atoms with Crippen LogP contribution in [0.3, 0.4) is 0 Å². The van der Waals surface area contributed by atoms with Gasteiger partial charge in [0.2, 0.25) is 0 Å². The molecule has 0 fully saturated rings. The highest BCUT2D eigenvalue weighted by molar-refractivity contribution is 5.97. The van der Waals surface area contributed by atoms with Gasteiger partial charge in [-0.15, -0.1) is 0 Å². The zero-order chi connectivity index (χ0) is 12.8. The molecule has 0 bridgehead atoms. The number of nitrogens with one attached hydrogen (secondary N) is 1. The van der Waals surface area contributed by atoms with Crippen LogP contribution in [-0.4, -0.2) is 30.7 Å². The number of carbonyl (C=O) groups excluding carboxylic acids is 1. The number of rotatable bonds is 5. The van der Waals surface area contributed by atoms with Crippen LogP contribution >= 0.6 is 0 Å². The van der Waals surface area contributed by atoms with E-state index in [1.54, 1.807) is 12.1 Å². The molecule has 5 heteroatoms. The minimum Gasteiger partial charge on any atom is -0.504 e. The lowest BCUT2D eigenvalue weighted by Crippen LogP contribution is -2.39. The summed E-state index contributed by atoms with van der Waals surface area (Å²) in [4.78, 5) is 11.9. The van der Waals surface area contributed by atoms with Crippen LogP contribution < -0.4 is 15.8 Å². The zero-order valence-electron chi connectivity index (χ0n) is 10.1. The van der Waals surface area contributed by atoms with E-state index in [1.165, 1.54) is 13.2 Å². The standard InChI is InChI=1S/C12H18N2O3/c1-3-8(7-13)14-12(16)9-5-4-6-10(17-2)11(9)15/h4-6,8,15H,3,7,13H2,1-2H3,(H,14,16). The Morgan fingerprint density at radius 1 is 1.59 bits per heavy atom. The number of hydrogen-bond acceptors (Lipinski definition) is 4. The maximum absolute atomic E-state index is 11.9. The highest BCUT2D eigenvalue weighted by atomic mass is 16.5. The van der Waals surface area contributed by atoms with Gasteiger partial charge in [0.05, 0.1) is 12.7 Å². The van der Waals surface area contributed by atoms with Crippen molar-refractivity contribution in [3.63, 3.8) is 0 Å². The van der Waals surface area contributed by atoms with Crippen molar-refractivity contribution in [1.29, 1.82) is 0 Å². The molecule has 1 aromatic rings. The minimum atomic E-state index is -0.348. The van der Waals surface area contributed by atoms with Crippen molar-refractivity contribution < 1.29 is 14.6 Å². The largest absolute Gasteiger partial charge is 0.504 e. The summed E-state index contributed by atoms with van der Waals surface area (Å²) in [5.74, 6) is -0.225. The minimum absolute atomic E-state index is 0.0897. The molecule has 4 N–H and O–H groups in total. The molecule has 0 saturated carbocycles. The summed E-state index contributed by atoms with van der Waals surface area (Å²) in [6.07, 6.45) is 0.743. The summed E-state index contributed by atoms with van der Waals surface area (Å²) >= 11 is 0. The first kappa shape index (κ1) is 13.3. The van der Waals surface area contributed by atoms with Crippen LogP contribution in [0.25, 0.3) is 0 Å². The van der Waals surface area contributed by atoms with Gasteiger partial charge in [0.25, 0.3) is 5.91 Å². The Bertz CT molecular complexity index is 389. The van der Waals surface area contributed by atoms with E-state index in [-0.39, 0.29) is 29.0 Å². The third kappa shape index (κ3) is 3.10. The Hall–Kier alpha value is -1.75. The van der Waals surface area contributed by atoms with Gasteiger partial charge in [-0.25, -0.2) is 0 Å². The summed E-state index contributed by atoms with van der Waals surface area (Å²) in [5.41, 5.74) is 5.69. The first-order valence-electron chi connectivity index (χ1n) is 5.50. The van der Waals surface area contributed by atoms with Crippen LogP contribution in [-0.2, 0) is 0 Å². The fraction of sp³-hybridized carbons (Fsp3) is 0.417. The van der Waals surface area contributed by atoms with Crippen LogP contribution in [0.1, 0.15) is 23.7 Å². The summed E-state index contributed by atoms with van der Waals surface area (Å²) in [7, 11) is 1.44. The second kappa shape index (κ2) is 6.10. The molecule has 0 aliphatic carbocycles. The topological polar surface area (TPSA) is 84.6 Å². The van der Waals surface area contributed by atoms with Crippen LogP contribution in [0.2, 0.25) is 0 Å². The van der Waals surface area contributed by atoms with E-state index in [1.807, 2.05) is 6.92 Å². The number of ether oxygens (including phenoxy) is 1. The molecule has 94 valence electrons. The number of carbonyl (C=O) groups is 1. The third-order valence-corrected chi connectivity index (χ3v) is 2.58. The van der Waals surface area contributed by atoms with E-state index in [9.17, 15) is 9.90 Å². The van der Waals surface area contributed by atoms with Gasteiger partial charge in [-0.2, -0.15) is 0 Å². The molecule has 0 spiro atoms. The summed E-state index contributed by atoms with van der Waals surface area (Å²) < 4.78 is 4.94. The zero-order valence-corrected chi connectivity index (χ0v) is 10.1. The predicted octanol–water partition coefficient (Wildman–Crippen LogP) is 0.868. The van der Waals surface area contributed by atoms with Crippen LogP contribution in [0.15, 0.2) is 18.2 Å². The van der Waals surface area contributed by atoms with Crippen molar-refractivity contribution in [2.24, 2.45) is 5.73 Å². The Labute approximate surface area is 101 Å². The molecule has 0 saturated heterocycles. The summed E-state index contributed by atoms with van der Waals surface area (Å²) in [6.45, 7) is 2.30. The second-order valence-corrected chi connectivity index (χ2v) is 3.67. The van der Waals surface area contributed by atoms with Crippen molar-refractivity contribution in [3.05, 3.63) is 23.8 Å². The average molecular weight is 238 g/mol. The number of amides is 1.